The second-order valence-corrected chi connectivity index (χ2v) is 8.31. The summed E-state index contributed by atoms with van der Waals surface area (Å²) >= 11 is 0. The molecule has 2 N–H and O–H groups in total. The molecule has 0 atom stereocenters. The van der Waals surface area contributed by atoms with Crippen LogP contribution in [0.15, 0.2) is 12.3 Å². The number of anilines is 1. The molecule has 3 heterocycles. The number of nitrogens with zero attached hydrogens (tertiary/aromatic N) is 3. The second-order valence-electron chi connectivity index (χ2n) is 8.31. The van der Waals surface area contributed by atoms with Gasteiger partial charge in [0.15, 0.2) is 5.65 Å². The van der Waals surface area contributed by atoms with Crippen molar-refractivity contribution in [1.82, 2.24) is 20.2 Å². The highest BCUT2D eigenvalue weighted by atomic mass is 16.7. The van der Waals surface area contributed by atoms with Gasteiger partial charge in [-0.15, -0.1) is 0 Å². The average Bonchev–Trinajstić information content (AvgIpc) is 3.25. The van der Waals surface area contributed by atoms with E-state index in [1.54, 1.807) is 0 Å². The van der Waals surface area contributed by atoms with Crippen LogP contribution < -0.4 is 10.8 Å². The van der Waals surface area contributed by atoms with Crippen LogP contribution in [0.3, 0.4) is 0 Å². The van der Waals surface area contributed by atoms with E-state index in [2.05, 4.69) is 30.7 Å². The van der Waals surface area contributed by atoms with Gasteiger partial charge in [-0.05, 0) is 52.0 Å². The molecular weight excluding hydrogens is 338 g/mol. The Balaban J connectivity index is 1.62. The number of aromatic nitrogens is 3. The maximum absolute atomic E-state index is 5.94. The van der Waals surface area contributed by atoms with E-state index in [1.807, 2.05) is 10.9 Å². The molecule has 2 aromatic heterocycles. The van der Waals surface area contributed by atoms with Gasteiger partial charge in [0.05, 0.1) is 22.5 Å². The fourth-order valence-electron chi connectivity index (χ4n) is 4.73. The van der Waals surface area contributed by atoms with Crippen LogP contribution in [0.5, 0.6) is 0 Å². The first-order chi connectivity index (χ1) is 13.2. The summed E-state index contributed by atoms with van der Waals surface area (Å²) in [6.07, 6.45) is 14.1. The molecule has 6 nitrogen and oxygen atoms in total. The summed E-state index contributed by atoms with van der Waals surface area (Å²) in [5, 5.41) is 9.76. The van der Waals surface area contributed by atoms with Gasteiger partial charge >= 0.3 is 0 Å². The molecule has 1 aliphatic heterocycles. The van der Waals surface area contributed by atoms with Gasteiger partial charge in [0.1, 0.15) is 5.60 Å². The fraction of sp³-hybridized carbons (Fsp3) is 0.619. The topological polar surface area (TPSA) is 64.0 Å². The fourth-order valence-corrected chi connectivity index (χ4v) is 4.73. The molecule has 0 aromatic carbocycles. The molecule has 0 saturated heterocycles. The Morgan fingerprint density at radius 2 is 2.07 bits per heavy atom. The van der Waals surface area contributed by atoms with Crippen LogP contribution in [-0.4, -0.2) is 26.4 Å². The smallest absolute Gasteiger partial charge is 0.160 e. The summed E-state index contributed by atoms with van der Waals surface area (Å²) in [5.41, 5.74) is 8.43. The highest BCUT2D eigenvalue weighted by Crippen LogP contribution is 2.43. The molecule has 0 radical (unpaired) electrons. The largest absolute Gasteiger partial charge is 0.381 e. The number of hydrogen-bond donors (Lipinski definition) is 2. The number of pyridine rings is 1. The zero-order valence-corrected chi connectivity index (χ0v) is 16.3. The van der Waals surface area contributed by atoms with Crippen molar-refractivity contribution < 1.29 is 4.84 Å². The third-order valence-corrected chi connectivity index (χ3v) is 6.45. The highest BCUT2D eigenvalue weighted by Gasteiger charge is 2.41. The molecule has 5 rings (SSSR count). The molecule has 1 spiro atoms. The molecule has 3 aliphatic rings. The lowest BCUT2D eigenvalue weighted by Crippen LogP contribution is -2.36. The van der Waals surface area contributed by atoms with Crippen molar-refractivity contribution in [2.75, 3.05) is 5.32 Å². The minimum atomic E-state index is -0.102. The lowest BCUT2D eigenvalue weighted by Gasteiger charge is -2.33. The zero-order valence-electron chi connectivity index (χ0n) is 16.3. The minimum Gasteiger partial charge on any atom is -0.381 e. The third-order valence-electron chi connectivity index (χ3n) is 6.45. The van der Waals surface area contributed by atoms with Crippen LogP contribution in [0.2, 0.25) is 0 Å². The SMILES string of the molecule is CCn1nc(C)c2c(NC3CCCCC3)c(C3=CC4(CCC4)ON3)cnc21. The molecule has 6 heteroatoms. The summed E-state index contributed by atoms with van der Waals surface area (Å²) < 4.78 is 2.00. The van der Waals surface area contributed by atoms with Crippen LogP contribution in [0, 0.1) is 6.92 Å². The number of rotatable bonds is 4. The van der Waals surface area contributed by atoms with Crippen LogP contribution >= 0.6 is 0 Å². The van der Waals surface area contributed by atoms with Gasteiger partial charge in [0, 0.05) is 24.3 Å². The quantitative estimate of drug-likeness (QED) is 0.843. The van der Waals surface area contributed by atoms with Crippen LogP contribution in [-0.2, 0) is 11.4 Å². The van der Waals surface area contributed by atoms with E-state index in [9.17, 15) is 0 Å². The highest BCUT2D eigenvalue weighted by molar-refractivity contribution is 5.97. The van der Waals surface area contributed by atoms with Crippen LogP contribution in [0.1, 0.15) is 69.5 Å². The summed E-state index contributed by atoms with van der Waals surface area (Å²) in [7, 11) is 0. The van der Waals surface area contributed by atoms with Gasteiger partial charge in [-0.2, -0.15) is 5.10 Å². The molecule has 0 bridgehead atoms. The van der Waals surface area contributed by atoms with Crippen molar-refractivity contribution in [2.24, 2.45) is 0 Å². The van der Waals surface area contributed by atoms with E-state index < -0.39 is 0 Å². The van der Waals surface area contributed by atoms with Gasteiger partial charge in [0.25, 0.3) is 0 Å². The zero-order chi connectivity index (χ0) is 18.4. The summed E-state index contributed by atoms with van der Waals surface area (Å²) in [6, 6.07) is 0.521. The van der Waals surface area contributed by atoms with Gasteiger partial charge in [-0.3, -0.25) is 10.3 Å². The average molecular weight is 367 g/mol. The number of hydrogen-bond acceptors (Lipinski definition) is 5. The van der Waals surface area contributed by atoms with Crippen molar-refractivity contribution in [1.29, 1.82) is 0 Å². The number of nitrogens with one attached hydrogen (secondary N) is 2. The van der Waals surface area contributed by atoms with E-state index in [0.29, 0.717) is 6.04 Å². The van der Waals surface area contributed by atoms with Gasteiger partial charge in [-0.25, -0.2) is 9.67 Å². The summed E-state index contributed by atoms with van der Waals surface area (Å²) in [6.45, 7) is 5.03. The number of aryl methyl sites for hydroxylation is 2. The normalized spacial score (nSPS) is 21.9. The monoisotopic (exact) mass is 367 g/mol. The number of hydroxylamine groups is 1. The van der Waals surface area contributed by atoms with Crippen molar-refractivity contribution >= 4 is 22.4 Å². The third kappa shape index (κ3) is 2.81. The maximum Gasteiger partial charge on any atom is 0.160 e. The van der Waals surface area contributed by atoms with E-state index in [1.165, 1.54) is 44.2 Å². The molecule has 2 aliphatic carbocycles. The molecule has 0 amide bonds. The first kappa shape index (κ1) is 17.0. The summed E-state index contributed by atoms with van der Waals surface area (Å²) in [4.78, 5) is 10.7. The Morgan fingerprint density at radius 3 is 2.74 bits per heavy atom. The van der Waals surface area contributed by atoms with Crippen LogP contribution in [0.25, 0.3) is 16.7 Å². The van der Waals surface area contributed by atoms with E-state index >= 15 is 0 Å². The van der Waals surface area contributed by atoms with Gasteiger partial charge < -0.3 is 5.32 Å². The van der Waals surface area contributed by atoms with Crippen molar-refractivity contribution in [3.63, 3.8) is 0 Å². The molecule has 27 heavy (non-hydrogen) atoms. The predicted molar refractivity (Wildman–Crippen MR) is 107 cm³/mol. The van der Waals surface area contributed by atoms with Crippen molar-refractivity contribution in [3.05, 3.63) is 23.5 Å². The second kappa shape index (κ2) is 6.51. The minimum absolute atomic E-state index is 0.102. The lowest BCUT2D eigenvalue weighted by molar-refractivity contribution is -0.0821. The molecule has 144 valence electrons. The van der Waals surface area contributed by atoms with Crippen LogP contribution in [0.4, 0.5) is 5.69 Å². The Morgan fingerprint density at radius 1 is 1.26 bits per heavy atom. The molecular formula is C21H29N5O. The van der Waals surface area contributed by atoms with E-state index in [4.69, 9.17) is 14.9 Å². The first-order valence-electron chi connectivity index (χ1n) is 10.5. The predicted octanol–water partition coefficient (Wildman–Crippen LogP) is 4.30. The molecule has 2 saturated carbocycles. The summed E-state index contributed by atoms with van der Waals surface area (Å²) in [5.74, 6) is 0. The number of fused-ring (bicyclic) bond motifs is 1. The van der Waals surface area contributed by atoms with E-state index in [0.717, 1.165) is 47.4 Å². The van der Waals surface area contributed by atoms with Crippen molar-refractivity contribution in [3.8, 4) is 0 Å². The van der Waals surface area contributed by atoms with Gasteiger partial charge in [0.2, 0.25) is 0 Å². The Hall–Kier alpha value is -2.08. The molecule has 0 unspecified atom stereocenters. The maximum atomic E-state index is 5.94. The lowest BCUT2D eigenvalue weighted by atomic mass is 9.80. The van der Waals surface area contributed by atoms with Gasteiger partial charge in [-0.1, -0.05) is 19.3 Å². The van der Waals surface area contributed by atoms with Crippen molar-refractivity contribution in [2.45, 2.75) is 83.4 Å². The first-order valence-corrected chi connectivity index (χ1v) is 10.5. The standard InChI is InChI=1S/C21H29N5O/c1-3-26-20-18(14(2)24-26)19(23-15-8-5-4-6-9-15)16(13-22-20)17-12-21(27-25-17)10-7-11-21/h12-13,15,25H,3-11H2,1-2H3,(H,22,23). The Labute approximate surface area is 160 Å². The Bertz CT molecular complexity index is 890. The Kier molecular flexibility index (Phi) is 4.11. The molecule has 2 aromatic rings. The molecule has 2 fully saturated rings. The van der Waals surface area contributed by atoms with E-state index in [-0.39, 0.29) is 5.60 Å².